The molecule has 0 aliphatic heterocycles. The highest BCUT2D eigenvalue weighted by atomic mass is 16.6. The molecule has 0 aliphatic rings. The van der Waals surface area contributed by atoms with Crippen LogP contribution in [-0.2, 0) is 16.1 Å². The van der Waals surface area contributed by atoms with Gasteiger partial charge in [-0.3, -0.25) is 0 Å². The van der Waals surface area contributed by atoms with Gasteiger partial charge < -0.3 is 18.3 Å². The summed E-state index contributed by atoms with van der Waals surface area (Å²) in [5.74, 6) is 1.77. The molecule has 2 heterocycles. The maximum absolute atomic E-state index is 12.1. The second kappa shape index (κ2) is 7.74. The largest absolute Gasteiger partial charge is 0.479 e. The average Bonchev–Trinajstić information content (AvgIpc) is 3.26. The van der Waals surface area contributed by atoms with Gasteiger partial charge in [0.2, 0.25) is 0 Å². The number of rotatable bonds is 6. The van der Waals surface area contributed by atoms with E-state index in [-0.39, 0.29) is 12.5 Å². The molecule has 0 fully saturated rings. The zero-order valence-electron chi connectivity index (χ0n) is 15.1. The van der Waals surface area contributed by atoms with Crippen LogP contribution in [0.4, 0.5) is 0 Å². The predicted molar refractivity (Wildman–Crippen MR) is 92.5 cm³/mol. The molecule has 1 atom stereocenters. The number of aromatic nitrogens is 2. The lowest BCUT2D eigenvalue weighted by atomic mass is 10.2. The summed E-state index contributed by atoms with van der Waals surface area (Å²) in [6, 6.07) is 10.2. The maximum atomic E-state index is 12.1. The van der Waals surface area contributed by atoms with Gasteiger partial charge in [-0.05, 0) is 51.1 Å². The standard InChI is InChI=1S/C19H17N3O5/c1-11-8-16(12(2)25-11)18-22-21-17(27-18)10-24-19(23)13(3)26-15-6-4-14(9-20)5-7-15/h4-8,13H,10H2,1-3H3/t13-/m1/s1. The minimum absolute atomic E-state index is 0.164. The van der Waals surface area contributed by atoms with Crippen molar-refractivity contribution in [2.75, 3.05) is 0 Å². The maximum Gasteiger partial charge on any atom is 0.347 e. The van der Waals surface area contributed by atoms with Crippen LogP contribution in [0.3, 0.4) is 0 Å². The molecule has 0 bridgehead atoms. The Morgan fingerprint density at radius 3 is 2.59 bits per heavy atom. The molecular formula is C19H17N3O5. The van der Waals surface area contributed by atoms with E-state index in [0.717, 1.165) is 5.76 Å². The van der Waals surface area contributed by atoms with Gasteiger partial charge in [0.25, 0.3) is 11.8 Å². The van der Waals surface area contributed by atoms with Gasteiger partial charge in [-0.15, -0.1) is 10.2 Å². The molecular weight excluding hydrogens is 350 g/mol. The first-order chi connectivity index (χ1) is 13.0. The first-order valence-electron chi connectivity index (χ1n) is 8.19. The molecule has 0 radical (unpaired) electrons. The Morgan fingerprint density at radius 1 is 1.22 bits per heavy atom. The quantitative estimate of drug-likeness (QED) is 0.610. The van der Waals surface area contributed by atoms with Crippen molar-refractivity contribution in [3.05, 3.63) is 53.3 Å². The van der Waals surface area contributed by atoms with Crippen LogP contribution in [0.25, 0.3) is 11.5 Å². The number of benzene rings is 1. The lowest BCUT2D eigenvalue weighted by Crippen LogP contribution is -2.26. The lowest BCUT2D eigenvalue weighted by molar-refractivity contribution is -0.153. The van der Waals surface area contributed by atoms with Crippen molar-refractivity contribution in [3.8, 4) is 23.3 Å². The van der Waals surface area contributed by atoms with Crippen LogP contribution in [-0.4, -0.2) is 22.3 Å². The smallest absolute Gasteiger partial charge is 0.347 e. The van der Waals surface area contributed by atoms with Crippen molar-refractivity contribution in [1.82, 2.24) is 10.2 Å². The number of nitrogens with zero attached hydrogens (tertiary/aromatic N) is 3. The van der Waals surface area contributed by atoms with Gasteiger partial charge in [0.15, 0.2) is 12.7 Å². The summed E-state index contributed by atoms with van der Waals surface area (Å²) in [6.45, 7) is 5.03. The van der Waals surface area contributed by atoms with Crippen LogP contribution in [0.15, 0.2) is 39.2 Å². The van der Waals surface area contributed by atoms with E-state index in [4.69, 9.17) is 23.6 Å². The Bertz CT molecular complexity index is 982. The van der Waals surface area contributed by atoms with E-state index >= 15 is 0 Å². The number of hydrogen-bond acceptors (Lipinski definition) is 8. The Kier molecular flexibility index (Phi) is 5.22. The topological polar surface area (TPSA) is 111 Å². The summed E-state index contributed by atoms with van der Waals surface area (Å²) in [5, 5.41) is 16.6. The van der Waals surface area contributed by atoms with Crippen molar-refractivity contribution < 1.29 is 23.1 Å². The number of ether oxygens (including phenoxy) is 2. The Labute approximate surface area is 155 Å². The summed E-state index contributed by atoms with van der Waals surface area (Å²) >= 11 is 0. The fourth-order valence-electron chi connectivity index (χ4n) is 2.37. The lowest BCUT2D eigenvalue weighted by Gasteiger charge is -2.13. The van der Waals surface area contributed by atoms with Crippen LogP contribution in [0.2, 0.25) is 0 Å². The molecule has 3 aromatic rings. The number of nitriles is 1. The highest BCUT2D eigenvalue weighted by Crippen LogP contribution is 2.25. The highest BCUT2D eigenvalue weighted by Gasteiger charge is 2.19. The molecule has 138 valence electrons. The van der Waals surface area contributed by atoms with E-state index in [1.54, 1.807) is 44.2 Å². The summed E-state index contributed by atoms with van der Waals surface area (Å²) in [7, 11) is 0. The van der Waals surface area contributed by atoms with Crippen molar-refractivity contribution >= 4 is 5.97 Å². The third-order valence-corrected chi connectivity index (χ3v) is 3.70. The van der Waals surface area contributed by atoms with Gasteiger partial charge in [-0.1, -0.05) is 0 Å². The molecule has 1 aromatic carbocycles. The van der Waals surface area contributed by atoms with E-state index in [1.165, 1.54) is 0 Å². The van der Waals surface area contributed by atoms with Gasteiger partial charge in [0, 0.05) is 0 Å². The SMILES string of the molecule is Cc1cc(-c2nnc(COC(=O)[C@@H](C)Oc3ccc(C#N)cc3)o2)c(C)o1. The molecule has 8 heteroatoms. The summed E-state index contributed by atoms with van der Waals surface area (Å²) in [5.41, 5.74) is 1.21. The molecule has 0 amide bonds. The van der Waals surface area contributed by atoms with Crippen molar-refractivity contribution in [2.24, 2.45) is 0 Å². The van der Waals surface area contributed by atoms with E-state index in [0.29, 0.717) is 28.5 Å². The zero-order chi connectivity index (χ0) is 19.4. The highest BCUT2D eigenvalue weighted by molar-refractivity contribution is 5.74. The normalized spacial score (nSPS) is 11.6. The molecule has 27 heavy (non-hydrogen) atoms. The number of hydrogen-bond donors (Lipinski definition) is 0. The van der Waals surface area contributed by atoms with E-state index < -0.39 is 12.1 Å². The van der Waals surface area contributed by atoms with E-state index in [2.05, 4.69) is 10.2 Å². The number of esters is 1. The summed E-state index contributed by atoms with van der Waals surface area (Å²) in [4.78, 5) is 12.1. The van der Waals surface area contributed by atoms with Crippen LogP contribution in [0.1, 0.15) is 29.9 Å². The monoisotopic (exact) mass is 367 g/mol. The number of carbonyl (C=O) groups is 1. The molecule has 0 N–H and O–H groups in total. The Hall–Kier alpha value is -3.60. The predicted octanol–water partition coefficient (Wildman–Crippen LogP) is 3.33. The molecule has 8 nitrogen and oxygen atoms in total. The second-order valence-electron chi connectivity index (χ2n) is 5.83. The number of carbonyl (C=O) groups excluding carboxylic acids is 1. The zero-order valence-corrected chi connectivity index (χ0v) is 15.1. The van der Waals surface area contributed by atoms with Crippen LogP contribution >= 0.6 is 0 Å². The van der Waals surface area contributed by atoms with Crippen LogP contribution < -0.4 is 4.74 Å². The number of aryl methyl sites for hydroxylation is 2. The fourth-order valence-corrected chi connectivity index (χ4v) is 2.37. The minimum atomic E-state index is -0.834. The van der Waals surface area contributed by atoms with Gasteiger partial charge >= 0.3 is 5.97 Å². The van der Waals surface area contributed by atoms with Gasteiger partial charge in [-0.2, -0.15) is 5.26 Å². The second-order valence-corrected chi connectivity index (χ2v) is 5.83. The molecule has 3 rings (SSSR count). The van der Waals surface area contributed by atoms with Gasteiger partial charge in [0.05, 0.1) is 17.2 Å². The minimum Gasteiger partial charge on any atom is -0.479 e. The third-order valence-electron chi connectivity index (χ3n) is 3.70. The van der Waals surface area contributed by atoms with Crippen molar-refractivity contribution in [3.63, 3.8) is 0 Å². The Morgan fingerprint density at radius 2 is 1.96 bits per heavy atom. The average molecular weight is 367 g/mol. The van der Waals surface area contributed by atoms with E-state index in [1.807, 2.05) is 13.0 Å². The number of furan rings is 1. The summed E-state index contributed by atoms with van der Waals surface area (Å²) < 4.78 is 21.6. The van der Waals surface area contributed by atoms with Gasteiger partial charge in [0.1, 0.15) is 17.3 Å². The first-order valence-corrected chi connectivity index (χ1v) is 8.19. The first kappa shape index (κ1) is 18.2. The van der Waals surface area contributed by atoms with E-state index in [9.17, 15) is 4.79 Å². The molecule has 0 saturated carbocycles. The van der Waals surface area contributed by atoms with Crippen molar-refractivity contribution in [1.29, 1.82) is 5.26 Å². The fraction of sp³-hybridized carbons (Fsp3) is 0.263. The molecule has 0 saturated heterocycles. The third kappa shape index (κ3) is 4.33. The molecule has 0 spiro atoms. The van der Waals surface area contributed by atoms with Gasteiger partial charge in [-0.25, -0.2) is 4.79 Å². The molecule has 0 unspecified atom stereocenters. The van der Waals surface area contributed by atoms with Crippen LogP contribution in [0, 0.1) is 25.2 Å². The van der Waals surface area contributed by atoms with Crippen molar-refractivity contribution in [2.45, 2.75) is 33.5 Å². The van der Waals surface area contributed by atoms with Crippen LogP contribution in [0.5, 0.6) is 5.75 Å². The molecule has 2 aromatic heterocycles. The summed E-state index contributed by atoms with van der Waals surface area (Å²) in [6.07, 6.45) is -0.834. The Balaban J connectivity index is 1.55. The molecule has 0 aliphatic carbocycles.